The number of hydrogen-bond donors (Lipinski definition) is 1. The number of likely N-dealkylation sites (tertiary alicyclic amines) is 1. The molecule has 0 spiro atoms. The number of amides is 2. The molecule has 1 N–H and O–H groups in total. The lowest BCUT2D eigenvalue weighted by atomic mass is 10.1. The van der Waals surface area contributed by atoms with Crippen LogP contribution in [0.1, 0.15) is 56.5 Å². The van der Waals surface area contributed by atoms with Gasteiger partial charge in [-0.15, -0.1) is 11.3 Å². The molecule has 1 aromatic heterocycles. The van der Waals surface area contributed by atoms with E-state index < -0.39 is 5.97 Å². The molecule has 1 fully saturated rings. The summed E-state index contributed by atoms with van der Waals surface area (Å²) in [7, 11) is 0. The summed E-state index contributed by atoms with van der Waals surface area (Å²) < 4.78 is 5.12. The van der Waals surface area contributed by atoms with Gasteiger partial charge in [0.2, 0.25) is 5.91 Å². The normalized spacial score (nSPS) is 13.7. The van der Waals surface area contributed by atoms with Gasteiger partial charge in [-0.2, -0.15) is 0 Å². The second-order valence-electron chi connectivity index (χ2n) is 6.78. The highest BCUT2D eigenvalue weighted by Gasteiger charge is 2.23. The van der Waals surface area contributed by atoms with Gasteiger partial charge in [-0.25, -0.2) is 4.79 Å². The Morgan fingerprint density at radius 3 is 2.54 bits per heavy atom. The van der Waals surface area contributed by atoms with Crippen molar-refractivity contribution in [2.45, 2.75) is 40.2 Å². The minimum Gasteiger partial charge on any atom is -0.462 e. The maximum Gasteiger partial charge on any atom is 0.341 e. The average molecular weight is 401 g/mol. The SMILES string of the molecule is CCOC(=O)c1c(NC(=O)c2ccc(CN3CCCC3=O)cc2)sc(C)c1C. The van der Waals surface area contributed by atoms with Gasteiger partial charge in [0.25, 0.3) is 5.91 Å². The molecule has 1 saturated heterocycles. The summed E-state index contributed by atoms with van der Waals surface area (Å²) in [4.78, 5) is 39.4. The molecule has 0 bridgehead atoms. The van der Waals surface area contributed by atoms with E-state index in [2.05, 4.69) is 5.32 Å². The van der Waals surface area contributed by atoms with Gasteiger partial charge in [-0.3, -0.25) is 9.59 Å². The van der Waals surface area contributed by atoms with Gasteiger partial charge in [0.1, 0.15) is 5.00 Å². The van der Waals surface area contributed by atoms with E-state index in [1.54, 1.807) is 19.1 Å². The van der Waals surface area contributed by atoms with Crippen molar-refractivity contribution in [3.8, 4) is 0 Å². The Morgan fingerprint density at radius 2 is 1.93 bits per heavy atom. The van der Waals surface area contributed by atoms with Crippen LogP contribution in [0.15, 0.2) is 24.3 Å². The predicted molar refractivity (Wildman–Crippen MR) is 109 cm³/mol. The summed E-state index contributed by atoms with van der Waals surface area (Å²) in [5, 5.41) is 3.35. The third kappa shape index (κ3) is 4.25. The van der Waals surface area contributed by atoms with Gasteiger partial charge >= 0.3 is 5.97 Å². The number of benzene rings is 1. The highest BCUT2D eigenvalue weighted by atomic mass is 32.1. The molecule has 0 atom stereocenters. The molecule has 1 aliphatic rings. The Morgan fingerprint density at radius 1 is 1.21 bits per heavy atom. The fourth-order valence-corrected chi connectivity index (χ4v) is 4.24. The first-order valence-electron chi connectivity index (χ1n) is 9.36. The first kappa shape index (κ1) is 20.1. The predicted octanol–water partition coefficient (Wildman–Crippen LogP) is 3.92. The molecule has 0 saturated carbocycles. The van der Waals surface area contributed by atoms with Gasteiger partial charge in [0, 0.05) is 30.0 Å². The van der Waals surface area contributed by atoms with Crippen molar-refractivity contribution < 1.29 is 19.1 Å². The monoisotopic (exact) mass is 400 g/mol. The number of nitrogens with zero attached hydrogens (tertiary/aromatic N) is 1. The molecule has 148 valence electrons. The van der Waals surface area contributed by atoms with E-state index in [9.17, 15) is 14.4 Å². The van der Waals surface area contributed by atoms with E-state index in [1.165, 1.54) is 11.3 Å². The summed E-state index contributed by atoms with van der Waals surface area (Å²) in [5.74, 6) is -0.530. The Bertz CT molecular complexity index is 902. The van der Waals surface area contributed by atoms with E-state index in [-0.39, 0.29) is 18.4 Å². The van der Waals surface area contributed by atoms with Crippen LogP contribution in [0.3, 0.4) is 0 Å². The average Bonchev–Trinajstić information content (AvgIpc) is 3.18. The van der Waals surface area contributed by atoms with Crippen LogP contribution in [-0.4, -0.2) is 35.8 Å². The third-order valence-electron chi connectivity index (χ3n) is 4.85. The fourth-order valence-electron chi connectivity index (χ4n) is 3.19. The smallest absolute Gasteiger partial charge is 0.341 e. The van der Waals surface area contributed by atoms with Crippen LogP contribution in [-0.2, 0) is 16.1 Å². The molecule has 1 aliphatic heterocycles. The number of aryl methyl sites for hydroxylation is 1. The number of esters is 1. The van der Waals surface area contributed by atoms with Crippen LogP contribution in [0.5, 0.6) is 0 Å². The van der Waals surface area contributed by atoms with Crippen molar-refractivity contribution in [3.05, 3.63) is 51.4 Å². The number of anilines is 1. The lowest BCUT2D eigenvalue weighted by Crippen LogP contribution is -2.23. The zero-order valence-electron chi connectivity index (χ0n) is 16.3. The third-order valence-corrected chi connectivity index (χ3v) is 5.98. The maximum absolute atomic E-state index is 12.7. The summed E-state index contributed by atoms with van der Waals surface area (Å²) >= 11 is 1.37. The van der Waals surface area contributed by atoms with Gasteiger partial charge < -0.3 is 15.0 Å². The van der Waals surface area contributed by atoms with Crippen LogP contribution in [0.2, 0.25) is 0 Å². The fraction of sp³-hybridized carbons (Fsp3) is 0.381. The van der Waals surface area contributed by atoms with Crippen LogP contribution in [0.4, 0.5) is 5.00 Å². The lowest BCUT2D eigenvalue weighted by Gasteiger charge is -2.15. The zero-order chi connectivity index (χ0) is 20.3. The topological polar surface area (TPSA) is 75.7 Å². The lowest BCUT2D eigenvalue weighted by molar-refractivity contribution is -0.128. The molecule has 2 heterocycles. The van der Waals surface area contributed by atoms with E-state index in [0.29, 0.717) is 29.1 Å². The second kappa shape index (κ2) is 8.56. The Hall–Kier alpha value is -2.67. The molecule has 2 amide bonds. The van der Waals surface area contributed by atoms with E-state index in [4.69, 9.17) is 4.74 Å². The molecule has 0 unspecified atom stereocenters. The second-order valence-corrected chi connectivity index (χ2v) is 8.00. The standard InChI is InChI=1S/C21H24N2O4S/c1-4-27-21(26)18-13(2)14(3)28-20(18)22-19(25)16-9-7-15(8-10-16)12-23-11-5-6-17(23)24/h7-10H,4-6,11-12H2,1-3H3,(H,22,25). The Balaban J connectivity index is 1.72. The largest absolute Gasteiger partial charge is 0.462 e. The van der Waals surface area contributed by atoms with Crippen LogP contribution >= 0.6 is 11.3 Å². The van der Waals surface area contributed by atoms with Gasteiger partial charge in [-0.1, -0.05) is 12.1 Å². The number of hydrogen-bond acceptors (Lipinski definition) is 5. The van der Waals surface area contributed by atoms with Crippen LogP contribution in [0, 0.1) is 13.8 Å². The summed E-state index contributed by atoms with van der Waals surface area (Å²) in [6.07, 6.45) is 1.52. The molecule has 0 aliphatic carbocycles. The van der Waals surface area contributed by atoms with Crippen LogP contribution < -0.4 is 5.32 Å². The molecule has 6 nitrogen and oxygen atoms in total. The molecule has 7 heteroatoms. The minimum absolute atomic E-state index is 0.178. The van der Waals surface area contributed by atoms with E-state index in [1.807, 2.05) is 30.9 Å². The number of carbonyl (C=O) groups is 3. The molecular formula is C21H24N2O4S. The molecule has 3 rings (SSSR count). The van der Waals surface area contributed by atoms with Gasteiger partial charge in [0.05, 0.1) is 12.2 Å². The van der Waals surface area contributed by atoms with Crippen LogP contribution in [0.25, 0.3) is 0 Å². The van der Waals surface area contributed by atoms with Crippen molar-refractivity contribution >= 4 is 34.1 Å². The van der Waals surface area contributed by atoms with Crippen molar-refractivity contribution in [1.82, 2.24) is 4.90 Å². The first-order chi connectivity index (χ1) is 13.4. The molecule has 0 radical (unpaired) electrons. The van der Waals surface area contributed by atoms with E-state index >= 15 is 0 Å². The summed E-state index contributed by atoms with van der Waals surface area (Å²) in [6.45, 7) is 7.14. The number of nitrogens with one attached hydrogen (secondary N) is 1. The molecule has 28 heavy (non-hydrogen) atoms. The molecular weight excluding hydrogens is 376 g/mol. The number of thiophene rings is 1. The highest BCUT2D eigenvalue weighted by Crippen LogP contribution is 2.33. The van der Waals surface area contributed by atoms with E-state index in [0.717, 1.165) is 29.0 Å². The summed E-state index contributed by atoms with van der Waals surface area (Å²) in [5.41, 5.74) is 2.73. The van der Waals surface area contributed by atoms with Crippen molar-refractivity contribution in [1.29, 1.82) is 0 Å². The molecule has 2 aromatic rings. The quantitative estimate of drug-likeness (QED) is 0.746. The Kier molecular flexibility index (Phi) is 6.14. The van der Waals surface area contributed by atoms with Crippen molar-refractivity contribution in [3.63, 3.8) is 0 Å². The number of ether oxygens (including phenoxy) is 1. The van der Waals surface area contributed by atoms with Gasteiger partial charge in [-0.05, 0) is 50.5 Å². The van der Waals surface area contributed by atoms with Gasteiger partial charge in [0.15, 0.2) is 0 Å². The number of carbonyl (C=O) groups excluding carboxylic acids is 3. The van der Waals surface area contributed by atoms with Crippen molar-refractivity contribution in [2.75, 3.05) is 18.5 Å². The highest BCUT2D eigenvalue weighted by molar-refractivity contribution is 7.16. The zero-order valence-corrected chi connectivity index (χ0v) is 17.1. The van der Waals surface area contributed by atoms with Crippen molar-refractivity contribution in [2.24, 2.45) is 0 Å². The Labute approximate surface area is 168 Å². The maximum atomic E-state index is 12.7. The summed E-state index contributed by atoms with van der Waals surface area (Å²) in [6, 6.07) is 7.19. The molecule has 1 aromatic carbocycles. The minimum atomic E-state index is -0.426. The first-order valence-corrected chi connectivity index (χ1v) is 10.2. The number of rotatable bonds is 6.